The van der Waals surface area contributed by atoms with Crippen molar-refractivity contribution in [2.24, 2.45) is 0 Å². The summed E-state index contributed by atoms with van der Waals surface area (Å²) in [5.74, 6) is 2.32. The SMILES string of the molecule is COc1ccc2[nH]cc(CCNc3nc(NCCOCCOCCNC(=O)c4ccccc4)nc(N4CCOCC4)n3)c2c1. The van der Waals surface area contributed by atoms with Crippen molar-refractivity contribution in [2.75, 3.05) is 95.0 Å². The Kier molecular flexibility index (Phi) is 11.6. The van der Waals surface area contributed by atoms with Crippen LogP contribution in [0.15, 0.2) is 54.7 Å². The Balaban J connectivity index is 1.04. The van der Waals surface area contributed by atoms with Crippen LogP contribution in [0.25, 0.3) is 10.9 Å². The molecule has 0 aliphatic carbocycles. The number of ether oxygens (including phenoxy) is 4. The number of methoxy groups -OCH3 is 1. The number of aromatic nitrogens is 4. The predicted molar refractivity (Wildman–Crippen MR) is 169 cm³/mol. The number of aromatic amines is 1. The summed E-state index contributed by atoms with van der Waals surface area (Å²) in [5, 5.41) is 10.6. The lowest BCUT2D eigenvalue weighted by Gasteiger charge is -2.27. The fraction of sp³-hybridized carbons (Fsp3) is 0.419. The summed E-state index contributed by atoms with van der Waals surface area (Å²) in [5.41, 5.74) is 2.89. The topological polar surface area (TPSA) is 148 Å². The van der Waals surface area contributed by atoms with Crippen molar-refractivity contribution in [3.63, 3.8) is 0 Å². The van der Waals surface area contributed by atoms with Crippen LogP contribution < -0.4 is 25.6 Å². The van der Waals surface area contributed by atoms with E-state index in [4.69, 9.17) is 18.9 Å². The summed E-state index contributed by atoms with van der Waals surface area (Å²) in [6, 6.07) is 15.1. The summed E-state index contributed by atoms with van der Waals surface area (Å²) in [6.45, 7) is 6.07. The Morgan fingerprint density at radius 2 is 1.64 bits per heavy atom. The molecular formula is C31H40N8O5. The Labute approximate surface area is 256 Å². The maximum absolute atomic E-state index is 12.0. The van der Waals surface area contributed by atoms with Crippen LogP contribution in [0.1, 0.15) is 15.9 Å². The molecule has 0 unspecified atom stereocenters. The number of amides is 1. The first-order valence-corrected chi connectivity index (χ1v) is 14.9. The fourth-order valence-corrected chi connectivity index (χ4v) is 4.71. The lowest BCUT2D eigenvalue weighted by molar-refractivity contribution is 0.0519. The first-order chi connectivity index (χ1) is 21.7. The number of rotatable bonds is 17. The molecule has 13 heteroatoms. The highest BCUT2D eigenvalue weighted by atomic mass is 16.5. The summed E-state index contributed by atoms with van der Waals surface area (Å²) < 4.78 is 22.1. The van der Waals surface area contributed by atoms with Gasteiger partial charge in [-0.3, -0.25) is 4.79 Å². The van der Waals surface area contributed by atoms with Crippen LogP contribution >= 0.6 is 0 Å². The minimum atomic E-state index is -0.111. The molecule has 1 amide bonds. The predicted octanol–water partition coefficient (Wildman–Crippen LogP) is 2.73. The molecule has 1 saturated heterocycles. The van der Waals surface area contributed by atoms with Crippen molar-refractivity contribution in [1.82, 2.24) is 25.3 Å². The molecule has 0 radical (unpaired) electrons. The standard InChI is InChI=1S/C31H40N8O5/c1-41-25-7-8-27-26(21-25)24(22-35-27)9-10-33-29-36-30(38-31(37-29)39-13-17-44-18-14-39)34-12-16-43-20-19-42-15-11-32-28(40)23-5-3-2-4-6-23/h2-8,21-22,35H,9-20H2,1H3,(H,32,40)(H2,33,34,36,37,38). The van der Waals surface area contributed by atoms with Gasteiger partial charge in [0.15, 0.2) is 0 Å². The van der Waals surface area contributed by atoms with Crippen molar-refractivity contribution >= 4 is 34.7 Å². The summed E-state index contributed by atoms with van der Waals surface area (Å²) >= 11 is 0. The Bertz CT molecular complexity index is 1460. The number of morpholine rings is 1. The van der Waals surface area contributed by atoms with Crippen LogP contribution in [0.4, 0.5) is 17.8 Å². The van der Waals surface area contributed by atoms with E-state index in [2.05, 4.69) is 40.8 Å². The van der Waals surface area contributed by atoms with Gasteiger partial charge in [0.05, 0.1) is 46.8 Å². The second-order valence-corrected chi connectivity index (χ2v) is 10.1. The molecule has 5 rings (SSSR count). The molecule has 3 heterocycles. The zero-order valence-corrected chi connectivity index (χ0v) is 25.0. The van der Waals surface area contributed by atoms with Gasteiger partial charge in [0.1, 0.15) is 5.75 Å². The minimum Gasteiger partial charge on any atom is -0.497 e. The smallest absolute Gasteiger partial charge is 0.251 e. The van der Waals surface area contributed by atoms with Gasteiger partial charge in [-0.15, -0.1) is 0 Å². The number of carbonyl (C=O) groups is 1. The molecule has 0 spiro atoms. The molecule has 0 bridgehead atoms. The highest BCUT2D eigenvalue weighted by Crippen LogP contribution is 2.24. The number of benzene rings is 2. The Morgan fingerprint density at radius 3 is 2.39 bits per heavy atom. The fourth-order valence-electron chi connectivity index (χ4n) is 4.71. The second kappa shape index (κ2) is 16.4. The monoisotopic (exact) mass is 604 g/mol. The third kappa shape index (κ3) is 9.02. The highest BCUT2D eigenvalue weighted by Gasteiger charge is 2.17. The van der Waals surface area contributed by atoms with Gasteiger partial charge in [-0.25, -0.2) is 0 Å². The molecule has 4 N–H and O–H groups in total. The number of H-pyrrole nitrogens is 1. The largest absolute Gasteiger partial charge is 0.497 e. The average molecular weight is 605 g/mol. The minimum absolute atomic E-state index is 0.111. The van der Waals surface area contributed by atoms with E-state index < -0.39 is 0 Å². The lowest BCUT2D eigenvalue weighted by atomic mass is 10.1. The third-order valence-electron chi connectivity index (χ3n) is 7.04. The summed E-state index contributed by atoms with van der Waals surface area (Å²) in [7, 11) is 1.67. The van der Waals surface area contributed by atoms with Gasteiger partial charge in [0.25, 0.3) is 5.91 Å². The Hall–Kier alpha value is -4.46. The van der Waals surface area contributed by atoms with E-state index in [0.717, 1.165) is 36.2 Å². The van der Waals surface area contributed by atoms with Gasteiger partial charge in [-0.1, -0.05) is 18.2 Å². The lowest BCUT2D eigenvalue weighted by Crippen LogP contribution is -2.37. The first kappa shape index (κ1) is 31.0. The van der Waals surface area contributed by atoms with E-state index >= 15 is 0 Å². The number of nitrogens with zero attached hydrogens (tertiary/aromatic N) is 4. The van der Waals surface area contributed by atoms with E-state index in [1.54, 1.807) is 19.2 Å². The molecule has 2 aromatic carbocycles. The van der Waals surface area contributed by atoms with Crippen LogP contribution in [0.5, 0.6) is 5.75 Å². The van der Waals surface area contributed by atoms with Gasteiger partial charge in [0.2, 0.25) is 17.8 Å². The second-order valence-electron chi connectivity index (χ2n) is 10.1. The molecule has 234 valence electrons. The maximum atomic E-state index is 12.0. The maximum Gasteiger partial charge on any atom is 0.251 e. The molecular weight excluding hydrogens is 564 g/mol. The van der Waals surface area contributed by atoms with Gasteiger partial charge in [0, 0.05) is 55.4 Å². The molecule has 1 aliphatic heterocycles. The molecule has 2 aromatic heterocycles. The molecule has 13 nitrogen and oxygen atoms in total. The van der Waals surface area contributed by atoms with Crippen molar-refractivity contribution < 1.29 is 23.7 Å². The van der Waals surface area contributed by atoms with Crippen LogP contribution in [0.2, 0.25) is 0 Å². The summed E-state index contributed by atoms with van der Waals surface area (Å²) in [4.78, 5) is 31.4. The van der Waals surface area contributed by atoms with Gasteiger partial charge >= 0.3 is 0 Å². The van der Waals surface area contributed by atoms with Gasteiger partial charge in [-0.2, -0.15) is 15.0 Å². The third-order valence-corrected chi connectivity index (χ3v) is 7.04. The number of hydrogen-bond donors (Lipinski definition) is 4. The molecule has 1 fully saturated rings. The van der Waals surface area contributed by atoms with Crippen LogP contribution in [-0.2, 0) is 20.6 Å². The van der Waals surface area contributed by atoms with E-state index in [1.165, 1.54) is 5.56 Å². The number of fused-ring (bicyclic) bond motifs is 1. The quantitative estimate of drug-likeness (QED) is 0.132. The normalized spacial score (nSPS) is 13.2. The first-order valence-electron chi connectivity index (χ1n) is 14.9. The van der Waals surface area contributed by atoms with E-state index in [-0.39, 0.29) is 5.91 Å². The number of hydrogen-bond acceptors (Lipinski definition) is 11. The van der Waals surface area contributed by atoms with E-state index in [9.17, 15) is 4.79 Å². The molecule has 0 atom stereocenters. The van der Waals surface area contributed by atoms with Crippen molar-refractivity contribution in [1.29, 1.82) is 0 Å². The molecule has 44 heavy (non-hydrogen) atoms. The summed E-state index contributed by atoms with van der Waals surface area (Å²) in [6.07, 6.45) is 2.81. The molecule has 1 aliphatic rings. The van der Waals surface area contributed by atoms with Crippen LogP contribution in [-0.4, -0.2) is 105 Å². The van der Waals surface area contributed by atoms with Crippen LogP contribution in [0, 0.1) is 0 Å². The zero-order valence-electron chi connectivity index (χ0n) is 25.0. The average Bonchev–Trinajstić information content (AvgIpc) is 3.48. The zero-order chi connectivity index (χ0) is 30.4. The molecule has 0 saturated carbocycles. The molecule has 4 aromatic rings. The van der Waals surface area contributed by atoms with Gasteiger partial charge in [-0.05, 0) is 42.3 Å². The number of nitrogens with one attached hydrogen (secondary N) is 4. The highest BCUT2D eigenvalue weighted by molar-refractivity contribution is 5.94. The number of anilines is 3. The van der Waals surface area contributed by atoms with Crippen molar-refractivity contribution in [3.05, 3.63) is 65.9 Å². The van der Waals surface area contributed by atoms with E-state index in [0.29, 0.717) is 82.7 Å². The Morgan fingerprint density at radius 1 is 0.909 bits per heavy atom. The van der Waals surface area contributed by atoms with Gasteiger partial charge < -0.3 is 44.8 Å². The number of carbonyl (C=O) groups excluding carboxylic acids is 1. The van der Waals surface area contributed by atoms with Crippen LogP contribution in [0.3, 0.4) is 0 Å². The van der Waals surface area contributed by atoms with Crippen molar-refractivity contribution in [2.45, 2.75) is 6.42 Å². The van der Waals surface area contributed by atoms with Crippen molar-refractivity contribution in [3.8, 4) is 5.75 Å². The van der Waals surface area contributed by atoms with E-state index in [1.807, 2.05) is 42.6 Å².